The highest BCUT2D eigenvalue weighted by Crippen LogP contribution is 2.40. The Morgan fingerprint density at radius 2 is 1.93 bits per heavy atom. The number of thioether (sulfide) groups is 1. The summed E-state index contributed by atoms with van der Waals surface area (Å²) in [4.78, 5) is 24.1. The molecule has 4 rings (SSSR count). The zero-order valence-corrected chi connectivity index (χ0v) is 17.5. The van der Waals surface area contributed by atoms with E-state index in [9.17, 15) is 9.18 Å². The molecule has 3 aromatic rings. The first-order valence-electron chi connectivity index (χ1n) is 9.50. The van der Waals surface area contributed by atoms with E-state index >= 15 is 0 Å². The van der Waals surface area contributed by atoms with Gasteiger partial charge in [0.1, 0.15) is 22.0 Å². The molecule has 4 nitrogen and oxygen atoms in total. The van der Waals surface area contributed by atoms with Crippen molar-refractivity contribution in [1.29, 1.82) is 0 Å². The molecule has 1 amide bonds. The number of nitrogens with zero attached hydrogens (tertiary/aromatic N) is 2. The van der Waals surface area contributed by atoms with Gasteiger partial charge in [0.05, 0.1) is 11.3 Å². The Bertz CT molecular complexity index is 1000. The van der Waals surface area contributed by atoms with Crippen LogP contribution in [0.2, 0.25) is 0 Å². The normalized spacial score (nSPS) is 15.8. The number of amides is 1. The van der Waals surface area contributed by atoms with Crippen molar-refractivity contribution in [2.45, 2.75) is 55.8 Å². The topological polar surface area (TPSA) is 54.9 Å². The van der Waals surface area contributed by atoms with Crippen molar-refractivity contribution in [3.63, 3.8) is 0 Å². The zero-order valence-electron chi connectivity index (χ0n) is 15.9. The van der Waals surface area contributed by atoms with E-state index in [0.717, 1.165) is 33.6 Å². The largest absolute Gasteiger partial charge is 0.349 e. The quantitative estimate of drug-likeness (QED) is 0.467. The maximum atomic E-state index is 13.1. The average Bonchev–Trinajstić information content (AvgIpc) is 3.08. The van der Waals surface area contributed by atoms with E-state index < -0.39 is 0 Å². The minimum atomic E-state index is -0.292. The minimum absolute atomic E-state index is 0.0577. The first-order valence-corrected chi connectivity index (χ1v) is 11.2. The summed E-state index contributed by atoms with van der Waals surface area (Å²) in [5, 5.41) is 4.75. The van der Waals surface area contributed by atoms with Gasteiger partial charge in [-0.2, -0.15) is 0 Å². The number of benzene rings is 1. The van der Waals surface area contributed by atoms with Crippen LogP contribution in [0, 0.1) is 5.82 Å². The average molecular weight is 416 g/mol. The van der Waals surface area contributed by atoms with Gasteiger partial charge in [-0.1, -0.05) is 23.9 Å². The second kappa shape index (κ2) is 8.17. The highest BCUT2D eigenvalue weighted by atomic mass is 32.2. The number of carbonyl (C=O) groups excluding carboxylic acids is 1. The van der Waals surface area contributed by atoms with Gasteiger partial charge in [-0.05, 0) is 62.8 Å². The van der Waals surface area contributed by atoms with Crippen molar-refractivity contribution < 1.29 is 9.18 Å². The van der Waals surface area contributed by atoms with Gasteiger partial charge in [-0.25, -0.2) is 14.4 Å². The van der Waals surface area contributed by atoms with E-state index in [1.54, 1.807) is 29.8 Å². The van der Waals surface area contributed by atoms with Crippen LogP contribution in [0.15, 0.2) is 35.6 Å². The summed E-state index contributed by atoms with van der Waals surface area (Å²) in [5.41, 5.74) is 2.25. The summed E-state index contributed by atoms with van der Waals surface area (Å²) >= 11 is 3.24. The number of nitrogens with one attached hydrogen (secondary N) is 1. The van der Waals surface area contributed by atoms with Crippen LogP contribution < -0.4 is 5.32 Å². The standard InChI is InChI=1S/C21H22FN3OS2/c1-12(14-7-9-15(22)10-8-14)25-19(26)13(2)27-20-18-16-5-3-4-6-17(16)28-21(18)24-11-23-20/h7-13H,3-6H2,1-2H3,(H,25,26)/t12-,13+/m0/s1. The molecular weight excluding hydrogens is 393 g/mol. The Kier molecular flexibility index (Phi) is 5.64. The van der Waals surface area contributed by atoms with E-state index in [1.807, 2.05) is 13.8 Å². The predicted octanol–water partition coefficient (Wildman–Crippen LogP) is 5.07. The zero-order chi connectivity index (χ0) is 19.7. The van der Waals surface area contributed by atoms with Crippen LogP contribution in [0.3, 0.4) is 0 Å². The molecule has 1 aromatic carbocycles. The molecule has 146 valence electrons. The lowest BCUT2D eigenvalue weighted by atomic mass is 9.97. The van der Waals surface area contributed by atoms with Gasteiger partial charge >= 0.3 is 0 Å². The molecule has 2 atom stereocenters. The Labute approximate surface area is 172 Å². The number of hydrogen-bond donors (Lipinski definition) is 1. The van der Waals surface area contributed by atoms with Crippen LogP contribution in [0.1, 0.15) is 48.7 Å². The summed E-state index contributed by atoms with van der Waals surface area (Å²) < 4.78 is 13.1. The molecule has 1 N–H and O–H groups in total. The lowest BCUT2D eigenvalue weighted by Crippen LogP contribution is -2.33. The molecule has 2 aromatic heterocycles. The molecule has 0 unspecified atom stereocenters. The number of aryl methyl sites for hydroxylation is 2. The van der Waals surface area contributed by atoms with Crippen molar-refractivity contribution in [1.82, 2.24) is 15.3 Å². The van der Waals surface area contributed by atoms with Crippen molar-refractivity contribution in [2.24, 2.45) is 0 Å². The van der Waals surface area contributed by atoms with Gasteiger partial charge in [-0.3, -0.25) is 4.79 Å². The molecule has 0 radical (unpaired) electrons. The maximum absolute atomic E-state index is 13.1. The second-order valence-corrected chi connectivity index (χ2v) is 9.52. The fourth-order valence-corrected chi connectivity index (χ4v) is 5.79. The number of carbonyl (C=O) groups is 1. The van der Waals surface area contributed by atoms with E-state index in [0.29, 0.717) is 0 Å². The Morgan fingerprint density at radius 1 is 1.18 bits per heavy atom. The molecule has 1 aliphatic carbocycles. The van der Waals surface area contributed by atoms with Crippen molar-refractivity contribution in [3.05, 3.63) is 52.4 Å². The number of rotatable bonds is 5. The molecular formula is C21H22FN3OS2. The van der Waals surface area contributed by atoms with Crippen LogP contribution in [-0.4, -0.2) is 21.1 Å². The van der Waals surface area contributed by atoms with Gasteiger partial charge < -0.3 is 5.32 Å². The minimum Gasteiger partial charge on any atom is -0.349 e. The molecule has 1 aliphatic rings. The van der Waals surface area contributed by atoms with Crippen LogP contribution in [-0.2, 0) is 17.6 Å². The van der Waals surface area contributed by atoms with E-state index in [1.165, 1.54) is 47.2 Å². The summed E-state index contributed by atoms with van der Waals surface area (Å²) in [6, 6.07) is 6.03. The summed E-state index contributed by atoms with van der Waals surface area (Å²) in [6.07, 6.45) is 6.21. The first-order chi connectivity index (χ1) is 13.5. The fraction of sp³-hybridized carbons (Fsp3) is 0.381. The van der Waals surface area contributed by atoms with Gasteiger partial charge in [0.15, 0.2) is 0 Å². The van der Waals surface area contributed by atoms with Gasteiger partial charge in [0, 0.05) is 10.3 Å². The Morgan fingerprint density at radius 3 is 2.71 bits per heavy atom. The SMILES string of the molecule is C[C@H](NC(=O)[C@@H](C)Sc1ncnc2sc3c(c12)CCCC3)c1ccc(F)cc1. The van der Waals surface area contributed by atoms with E-state index in [-0.39, 0.29) is 23.0 Å². The molecule has 0 spiro atoms. The maximum Gasteiger partial charge on any atom is 0.233 e. The van der Waals surface area contributed by atoms with E-state index in [4.69, 9.17) is 0 Å². The van der Waals surface area contributed by atoms with Crippen LogP contribution in [0.4, 0.5) is 4.39 Å². The van der Waals surface area contributed by atoms with Crippen LogP contribution in [0.25, 0.3) is 10.2 Å². The molecule has 0 saturated heterocycles. The lowest BCUT2D eigenvalue weighted by molar-refractivity contribution is -0.120. The molecule has 28 heavy (non-hydrogen) atoms. The summed E-state index contributed by atoms with van der Waals surface area (Å²) in [5.74, 6) is -0.337. The van der Waals surface area contributed by atoms with Crippen molar-refractivity contribution in [3.8, 4) is 0 Å². The Balaban J connectivity index is 1.50. The second-order valence-electron chi connectivity index (χ2n) is 7.11. The number of hydrogen-bond acceptors (Lipinski definition) is 5. The molecule has 7 heteroatoms. The van der Waals surface area contributed by atoms with Gasteiger partial charge in [-0.15, -0.1) is 11.3 Å². The highest BCUT2D eigenvalue weighted by molar-refractivity contribution is 8.00. The number of thiophene rings is 1. The van der Waals surface area contributed by atoms with Crippen molar-refractivity contribution >= 4 is 39.2 Å². The van der Waals surface area contributed by atoms with E-state index in [2.05, 4.69) is 15.3 Å². The smallest absolute Gasteiger partial charge is 0.233 e. The predicted molar refractivity (Wildman–Crippen MR) is 112 cm³/mol. The summed E-state index contributed by atoms with van der Waals surface area (Å²) in [7, 11) is 0. The third-order valence-corrected chi connectivity index (χ3v) is 7.40. The number of aromatic nitrogens is 2. The van der Waals surface area contributed by atoms with Gasteiger partial charge in [0.2, 0.25) is 5.91 Å². The highest BCUT2D eigenvalue weighted by Gasteiger charge is 2.23. The molecule has 0 bridgehead atoms. The van der Waals surface area contributed by atoms with Crippen LogP contribution in [0.5, 0.6) is 0 Å². The molecule has 2 heterocycles. The third kappa shape index (κ3) is 3.91. The molecule has 0 fully saturated rings. The fourth-order valence-electron chi connectivity index (χ4n) is 3.54. The third-order valence-electron chi connectivity index (χ3n) is 5.10. The Hall–Kier alpha value is -1.99. The molecule has 0 saturated carbocycles. The summed E-state index contributed by atoms with van der Waals surface area (Å²) in [6.45, 7) is 3.80. The van der Waals surface area contributed by atoms with Gasteiger partial charge in [0.25, 0.3) is 0 Å². The number of fused-ring (bicyclic) bond motifs is 3. The molecule has 0 aliphatic heterocycles. The first kappa shape index (κ1) is 19.3. The monoisotopic (exact) mass is 415 g/mol. The van der Waals surface area contributed by atoms with Crippen LogP contribution >= 0.6 is 23.1 Å². The van der Waals surface area contributed by atoms with Crippen molar-refractivity contribution in [2.75, 3.05) is 0 Å². The lowest BCUT2D eigenvalue weighted by Gasteiger charge is -2.18. The number of halogens is 1.